The summed E-state index contributed by atoms with van der Waals surface area (Å²) in [5.41, 5.74) is 3.29. The van der Waals surface area contributed by atoms with Crippen molar-refractivity contribution >= 4 is 89.3 Å². The maximum atomic E-state index is 13.9. The second-order valence-corrected chi connectivity index (χ2v) is 13.8. The second kappa shape index (κ2) is 9.51. The van der Waals surface area contributed by atoms with Crippen molar-refractivity contribution < 1.29 is 9.59 Å². The van der Waals surface area contributed by atoms with E-state index in [9.17, 15) is 9.59 Å². The normalized spacial score (nSPS) is 16.9. The van der Waals surface area contributed by atoms with E-state index in [-0.39, 0.29) is 23.9 Å². The number of carbonyl (C=O) groups excluding carboxylic acids is 2. The molecule has 2 amide bonds. The zero-order valence-electron chi connectivity index (χ0n) is 24.9. The largest absolute Gasteiger partial charge is 0.296 e. The summed E-state index contributed by atoms with van der Waals surface area (Å²) in [4.78, 5) is 32.7. The molecule has 0 N–H and O–H groups in total. The van der Waals surface area contributed by atoms with Crippen molar-refractivity contribution in [3.63, 3.8) is 0 Å². The molecule has 5 aromatic rings. The minimum absolute atomic E-state index is 0.0153. The van der Waals surface area contributed by atoms with Gasteiger partial charge in [0.2, 0.25) is 0 Å². The Bertz CT molecular complexity index is 1760. The van der Waals surface area contributed by atoms with Crippen molar-refractivity contribution in [3.8, 4) is 0 Å². The van der Waals surface area contributed by atoms with Crippen LogP contribution >= 0.6 is 24.4 Å². The molecule has 212 valence electrons. The fourth-order valence-electron chi connectivity index (χ4n) is 7.68. The van der Waals surface area contributed by atoms with Gasteiger partial charge in [-0.2, -0.15) is 0 Å². The standard InChI is InChI=1S/C36H34N2O2S2/c1-17(2)15-19(5)37-33(39)25-11-7-21-24-10-14-28-32-26(34(40)38(36(28)42)20(6)16-18(3)4)12-8-22(30(24)32)23-9-13-27(35(37)41)31(25)29(21)23/h7-14,17-20H,15-16H2,1-6H3. The summed E-state index contributed by atoms with van der Waals surface area (Å²) in [6.45, 7) is 12.9. The highest BCUT2D eigenvalue weighted by Crippen LogP contribution is 2.47. The molecule has 0 bridgehead atoms. The average Bonchev–Trinajstić information content (AvgIpc) is 2.93. The number of amides is 2. The third kappa shape index (κ3) is 3.64. The Morgan fingerprint density at radius 2 is 0.810 bits per heavy atom. The van der Waals surface area contributed by atoms with E-state index in [2.05, 4.69) is 77.9 Å². The molecule has 5 aromatic carbocycles. The van der Waals surface area contributed by atoms with Gasteiger partial charge in [-0.25, -0.2) is 0 Å². The summed E-state index contributed by atoms with van der Waals surface area (Å²) in [5.74, 6) is 0.867. The van der Waals surface area contributed by atoms with E-state index < -0.39 is 0 Å². The molecule has 2 aliphatic heterocycles. The summed E-state index contributed by atoms with van der Waals surface area (Å²) >= 11 is 12.0. The van der Waals surface area contributed by atoms with Crippen molar-refractivity contribution in [2.24, 2.45) is 11.8 Å². The van der Waals surface area contributed by atoms with Crippen molar-refractivity contribution in [2.75, 3.05) is 0 Å². The molecule has 0 aliphatic carbocycles. The number of hydrogen-bond donors (Lipinski definition) is 0. The van der Waals surface area contributed by atoms with Gasteiger partial charge in [-0.05, 0) is 83.0 Å². The molecular formula is C36H34N2O2S2. The van der Waals surface area contributed by atoms with Gasteiger partial charge in [-0.15, -0.1) is 0 Å². The van der Waals surface area contributed by atoms with Gasteiger partial charge in [0.05, 0.1) is 0 Å². The lowest BCUT2D eigenvalue weighted by molar-refractivity contribution is 0.0793. The number of nitrogens with zero attached hydrogens (tertiary/aromatic N) is 2. The summed E-state index contributed by atoms with van der Waals surface area (Å²) in [5, 5.41) is 8.25. The fourth-order valence-corrected chi connectivity index (χ4v) is 8.55. The number of benzene rings is 5. The van der Waals surface area contributed by atoms with Crippen LogP contribution in [0.25, 0.3) is 43.1 Å². The Morgan fingerprint density at radius 1 is 0.500 bits per heavy atom. The Hall–Kier alpha value is -3.48. The third-order valence-corrected chi connectivity index (χ3v) is 10.0. The molecule has 2 unspecified atom stereocenters. The molecule has 2 heterocycles. The SMILES string of the molecule is CC(C)CC(C)N1C(=O)c2ccc3c4ccc5c6c(ccc(c7ccc(c2c37)C1=S)c64)C(=O)N(C(C)CC(C)C)C5=S. The molecule has 0 fully saturated rings. The summed E-state index contributed by atoms with van der Waals surface area (Å²) < 4.78 is 0. The molecule has 6 heteroatoms. The predicted molar refractivity (Wildman–Crippen MR) is 181 cm³/mol. The molecule has 7 rings (SSSR count). The van der Waals surface area contributed by atoms with E-state index in [1.807, 2.05) is 21.9 Å². The highest BCUT2D eigenvalue weighted by molar-refractivity contribution is 7.81. The van der Waals surface area contributed by atoms with Crippen LogP contribution in [0, 0.1) is 11.8 Å². The van der Waals surface area contributed by atoms with Crippen LogP contribution in [0.2, 0.25) is 0 Å². The van der Waals surface area contributed by atoms with Crippen LogP contribution in [0.3, 0.4) is 0 Å². The van der Waals surface area contributed by atoms with Crippen molar-refractivity contribution in [1.82, 2.24) is 9.80 Å². The van der Waals surface area contributed by atoms with Crippen molar-refractivity contribution in [1.29, 1.82) is 0 Å². The number of fused-ring (bicyclic) bond motifs is 2. The molecule has 0 saturated carbocycles. The van der Waals surface area contributed by atoms with E-state index in [0.29, 0.717) is 32.9 Å². The summed E-state index contributed by atoms with van der Waals surface area (Å²) in [6.07, 6.45) is 1.77. The highest BCUT2D eigenvalue weighted by atomic mass is 32.1. The lowest BCUT2D eigenvalue weighted by atomic mass is 9.82. The molecule has 0 spiro atoms. The number of hydrogen-bond acceptors (Lipinski definition) is 4. The van der Waals surface area contributed by atoms with Gasteiger partial charge in [-0.3, -0.25) is 19.4 Å². The maximum Gasteiger partial charge on any atom is 0.259 e. The number of rotatable bonds is 6. The quantitative estimate of drug-likeness (QED) is 0.113. The Morgan fingerprint density at radius 3 is 1.12 bits per heavy atom. The average molecular weight is 591 g/mol. The Labute approximate surface area is 257 Å². The Kier molecular flexibility index (Phi) is 6.20. The van der Waals surface area contributed by atoms with E-state index in [0.717, 1.165) is 67.1 Å². The molecular weight excluding hydrogens is 557 g/mol. The molecule has 4 nitrogen and oxygen atoms in total. The van der Waals surface area contributed by atoms with Gasteiger partial charge in [0.15, 0.2) is 0 Å². The van der Waals surface area contributed by atoms with Crippen LogP contribution in [0.1, 0.15) is 86.2 Å². The lowest BCUT2D eigenvalue weighted by Crippen LogP contribution is -2.46. The van der Waals surface area contributed by atoms with Crippen LogP contribution in [0.5, 0.6) is 0 Å². The molecule has 42 heavy (non-hydrogen) atoms. The van der Waals surface area contributed by atoms with E-state index >= 15 is 0 Å². The summed E-state index contributed by atoms with van der Waals surface area (Å²) in [7, 11) is 0. The van der Waals surface area contributed by atoms with Crippen LogP contribution in [0.4, 0.5) is 0 Å². The monoisotopic (exact) mass is 590 g/mol. The van der Waals surface area contributed by atoms with Gasteiger partial charge in [0, 0.05) is 45.1 Å². The minimum atomic E-state index is -0.0213. The molecule has 0 radical (unpaired) electrons. The second-order valence-electron chi connectivity index (χ2n) is 13.1. The van der Waals surface area contributed by atoms with Gasteiger partial charge >= 0.3 is 0 Å². The first kappa shape index (κ1) is 27.4. The first-order chi connectivity index (χ1) is 20.0. The molecule has 0 saturated heterocycles. The molecule has 2 aliphatic rings. The third-order valence-electron chi connectivity index (χ3n) is 9.21. The van der Waals surface area contributed by atoms with Gasteiger partial charge in [-0.1, -0.05) is 88.5 Å². The maximum absolute atomic E-state index is 13.9. The highest BCUT2D eigenvalue weighted by Gasteiger charge is 2.37. The van der Waals surface area contributed by atoms with Gasteiger partial charge in [0.25, 0.3) is 11.8 Å². The summed E-state index contributed by atoms with van der Waals surface area (Å²) in [6, 6.07) is 16.6. The fraction of sp³-hybridized carbons (Fsp3) is 0.333. The van der Waals surface area contributed by atoms with E-state index in [4.69, 9.17) is 24.4 Å². The zero-order chi connectivity index (χ0) is 29.8. The Balaban J connectivity index is 1.49. The topological polar surface area (TPSA) is 40.6 Å². The van der Waals surface area contributed by atoms with Crippen LogP contribution < -0.4 is 0 Å². The molecule has 0 aromatic heterocycles. The van der Waals surface area contributed by atoms with E-state index in [1.165, 1.54) is 0 Å². The van der Waals surface area contributed by atoms with Crippen LogP contribution in [-0.2, 0) is 0 Å². The number of thiocarbonyl (C=S) groups is 2. The van der Waals surface area contributed by atoms with Crippen molar-refractivity contribution in [2.45, 2.75) is 66.5 Å². The van der Waals surface area contributed by atoms with Crippen LogP contribution in [0.15, 0.2) is 48.5 Å². The molecule has 2 atom stereocenters. The smallest absolute Gasteiger partial charge is 0.259 e. The first-order valence-electron chi connectivity index (χ1n) is 15.0. The van der Waals surface area contributed by atoms with Crippen molar-refractivity contribution in [3.05, 3.63) is 70.8 Å². The van der Waals surface area contributed by atoms with Gasteiger partial charge < -0.3 is 0 Å². The predicted octanol–water partition coefficient (Wildman–Crippen LogP) is 8.87. The van der Waals surface area contributed by atoms with Crippen LogP contribution in [-0.4, -0.2) is 43.7 Å². The zero-order valence-corrected chi connectivity index (χ0v) is 26.5. The minimum Gasteiger partial charge on any atom is -0.296 e. The number of carbonyl (C=O) groups is 2. The van der Waals surface area contributed by atoms with E-state index in [1.54, 1.807) is 0 Å². The van der Waals surface area contributed by atoms with Gasteiger partial charge in [0.1, 0.15) is 9.98 Å². The lowest BCUT2D eigenvalue weighted by Gasteiger charge is -2.36. The first-order valence-corrected chi connectivity index (χ1v) is 15.8.